The maximum Gasteiger partial charge on any atom is 0.418 e. The lowest BCUT2D eigenvalue weighted by atomic mass is 9.85. The molecule has 0 unspecified atom stereocenters. The minimum absolute atomic E-state index is 0. The van der Waals surface area contributed by atoms with Gasteiger partial charge in [0, 0.05) is 12.6 Å². The van der Waals surface area contributed by atoms with Crippen molar-refractivity contribution < 1.29 is 41.7 Å². The molecule has 1 heterocycles. The van der Waals surface area contributed by atoms with Crippen molar-refractivity contribution in [3.8, 4) is 0 Å². The van der Waals surface area contributed by atoms with Gasteiger partial charge in [0.1, 0.15) is 12.7 Å². The van der Waals surface area contributed by atoms with Crippen molar-refractivity contribution >= 4 is 11.4 Å². The van der Waals surface area contributed by atoms with Gasteiger partial charge in [0.2, 0.25) is 0 Å². The van der Waals surface area contributed by atoms with Gasteiger partial charge in [0.05, 0.1) is 11.3 Å². The first kappa shape index (κ1) is 25.0. The molecule has 166 valence electrons. The molecule has 0 saturated heterocycles. The van der Waals surface area contributed by atoms with Crippen molar-refractivity contribution in [3.63, 3.8) is 0 Å². The molecule has 0 spiro atoms. The monoisotopic (exact) mass is 532 g/mol. The fourth-order valence-corrected chi connectivity index (χ4v) is 4.42. The van der Waals surface area contributed by atoms with Crippen LogP contribution in [-0.2, 0) is 13.2 Å². The maximum atomic E-state index is 13.6. The molecule has 1 saturated carbocycles. The summed E-state index contributed by atoms with van der Waals surface area (Å²) in [6.45, 7) is 0.585. The summed E-state index contributed by atoms with van der Waals surface area (Å²) < 4.78 is 42.7. The molecule has 0 radical (unpaired) electrons. The average molecular weight is 532 g/mol. The molecule has 2 aromatic rings. The van der Waals surface area contributed by atoms with Crippen molar-refractivity contribution in [2.75, 3.05) is 11.4 Å². The Bertz CT molecular complexity index is 773. The largest absolute Gasteiger partial charge is 1.00 e. The first-order valence-electron chi connectivity index (χ1n) is 10.8. The van der Waals surface area contributed by atoms with Gasteiger partial charge < -0.3 is 28.9 Å². The minimum Gasteiger partial charge on any atom is -1.00 e. The highest BCUT2D eigenvalue weighted by Gasteiger charge is 2.35. The SMILES string of the molecule is C[n+]1cccc(N(CCCCCC2CCCCC2)c2ccccc2C(F)(F)F)c1.[I-]. The summed E-state index contributed by atoms with van der Waals surface area (Å²) in [5.74, 6) is 0.860. The van der Waals surface area contributed by atoms with Crippen LogP contribution in [0, 0.1) is 5.92 Å². The zero-order valence-corrected chi connectivity index (χ0v) is 19.8. The molecule has 6 heteroatoms. The van der Waals surface area contributed by atoms with Crippen molar-refractivity contribution in [2.24, 2.45) is 13.0 Å². The van der Waals surface area contributed by atoms with E-state index in [1.54, 1.807) is 12.1 Å². The number of rotatable bonds is 8. The van der Waals surface area contributed by atoms with Crippen LogP contribution < -0.4 is 33.4 Å². The molecule has 2 nitrogen and oxygen atoms in total. The molecule has 0 bridgehead atoms. The highest BCUT2D eigenvalue weighted by atomic mass is 127. The highest BCUT2D eigenvalue weighted by Crippen LogP contribution is 2.39. The van der Waals surface area contributed by atoms with Crippen LogP contribution in [0.25, 0.3) is 0 Å². The Kier molecular flexibility index (Phi) is 9.91. The Labute approximate surface area is 195 Å². The van der Waals surface area contributed by atoms with E-state index in [-0.39, 0.29) is 29.7 Å². The van der Waals surface area contributed by atoms with E-state index in [0.717, 1.165) is 24.4 Å². The van der Waals surface area contributed by atoms with Crippen molar-refractivity contribution in [1.82, 2.24) is 0 Å². The standard InChI is InChI=1S/C24H32F3N2.HI/c1-28-17-10-14-21(19-28)29(23-16-8-7-15-22(23)24(25,26)27)18-9-3-6-13-20-11-4-2-5-12-20;/h7-8,10,14-17,19-20H,2-6,9,11-13,18H2,1H3;1H/q+1;/p-1. The predicted octanol–water partition coefficient (Wildman–Crippen LogP) is 3.81. The zero-order chi connectivity index (χ0) is 20.7. The number of unbranched alkanes of at least 4 members (excludes halogenated alkanes) is 2. The number of para-hydroxylation sites is 1. The van der Waals surface area contributed by atoms with Crippen LogP contribution in [0.15, 0.2) is 48.8 Å². The third kappa shape index (κ3) is 7.13. The molecule has 3 rings (SSSR count). The van der Waals surface area contributed by atoms with Gasteiger partial charge >= 0.3 is 6.18 Å². The number of alkyl halides is 3. The number of anilines is 2. The van der Waals surface area contributed by atoms with E-state index >= 15 is 0 Å². The summed E-state index contributed by atoms with van der Waals surface area (Å²) in [7, 11) is 1.89. The van der Waals surface area contributed by atoms with Gasteiger partial charge in [-0.3, -0.25) is 0 Å². The van der Waals surface area contributed by atoms with Gasteiger partial charge in [-0.05, 0) is 30.5 Å². The third-order valence-electron chi connectivity index (χ3n) is 5.95. The van der Waals surface area contributed by atoms with Gasteiger partial charge in [-0.25, -0.2) is 4.57 Å². The minimum atomic E-state index is -4.37. The van der Waals surface area contributed by atoms with Gasteiger partial charge in [-0.2, -0.15) is 13.2 Å². The quantitative estimate of drug-likeness (QED) is 0.285. The molecule has 1 aromatic heterocycles. The number of benzene rings is 1. The summed E-state index contributed by atoms with van der Waals surface area (Å²) >= 11 is 0. The summed E-state index contributed by atoms with van der Waals surface area (Å²) in [6.07, 6.45) is 10.6. The molecule has 0 atom stereocenters. The number of hydrogen-bond donors (Lipinski definition) is 0. The molecular weight excluding hydrogens is 500 g/mol. The fraction of sp³-hybridized carbons (Fsp3) is 0.542. The first-order valence-corrected chi connectivity index (χ1v) is 10.8. The summed E-state index contributed by atoms with van der Waals surface area (Å²) in [5.41, 5.74) is 0.450. The highest BCUT2D eigenvalue weighted by molar-refractivity contribution is 5.66. The first-order chi connectivity index (χ1) is 13.9. The summed E-state index contributed by atoms with van der Waals surface area (Å²) in [4.78, 5) is 1.82. The third-order valence-corrected chi connectivity index (χ3v) is 5.95. The molecule has 0 aliphatic heterocycles. The van der Waals surface area contributed by atoms with Gasteiger partial charge in [-0.1, -0.05) is 63.5 Å². The van der Waals surface area contributed by atoms with Gasteiger partial charge in [-0.15, -0.1) is 0 Å². The maximum absolute atomic E-state index is 13.6. The van der Waals surface area contributed by atoms with Crippen LogP contribution in [0.4, 0.5) is 24.5 Å². The van der Waals surface area contributed by atoms with Crippen molar-refractivity contribution in [2.45, 2.75) is 64.0 Å². The molecule has 1 aromatic carbocycles. The van der Waals surface area contributed by atoms with Crippen LogP contribution in [0.1, 0.15) is 63.4 Å². The second kappa shape index (κ2) is 11.9. The van der Waals surface area contributed by atoms with Crippen LogP contribution in [0.2, 0.25) is 0 Å². The average Bonchev–Trinajstić information content (AvgIpc) is 2.71. The number of nitrogens with zero attached hydrogens (tertiary/aromatic N) is 2. The van der Waals surface area contributed by atoms with E-state index in [1.165, 1.54) is 57.1 Å². The predicted molar refractivity (Wildman–Crippen MR) is 111 cm³/mol. The Morgan fingerprint density at radius 1 is 0.967 bits per heavy atom. The number of aromatic nitrogens is 1. The normalized spacial score (nSPS) is 14.9. The van der Waals surface area contributed by atoms with E-state index in [1.807, 2.05) is 41.0 Å². The van der Waals surface area contributed by atoms with Crippen LogP contribution in [0.5, 0.6) is 0 Å². The number of halogens is 4. The van der Waals surface area contributed by atoms with Gasteiger partial charge in [0.25, 0.3) is 0 Å². The van der Waals surface area contributed by atoms with E-state index in [4.69, 9.17) is 0 Å². The van der Waals surface area contributed by atoms with Crippen molar-refractivity contribution in [3.05, 3.63) is 54.4 Å². The number of aryl methyl sites for hydroxylation is 1. The lowest BCUT2D eigenvalue weighted by Crippen LogP contribution is -3.00. The van der Waals surface area contributed by atoms with Gasteiger partial charge in [0.15, 0.2) is 12.4 Å². The molecule has 1 fully saturated rings. The molecule has 0 amide bonds. The summed E-state index contributed by atoms with van der Waals surface area (Å²) in [6, 6.07) is 9.66. The smallest absolute Gasteiger partial charge is 0.418 e. The van der Waals surface area contributed by atoms with E-state index in [2.05, 4.69) is 0 Å². The molecule has 1 aliphatic carbocycles. The summed E-state index contributed by atoms with van der Waals surface area (Å²) in [5, 5.41) is 0. The Morgan fingerprint density at radius 3 is 2.40 bits per heavy atom. The topological polar surface area (TPSA) is 7.12 Å². The van der Waals surface area contributed by atoms with Crippen LogP contribution in [0.3, 0.4) is 0 Å². The van der Waals surface area contributed by atoms with Crippen molar-refractivity contribution in [1.29, 1.82) is 0 Å². The Morgan fingerprint density at radius 2 is 1.70 bits per heavy atom. The second-order valence-electron chi connectivity index (χ2n) is 8.25. The van der Waals surface area contributed by atoms with E-state index in [0.29, 0.717) is 6.54 Å². The lowest BCUT2D eigenvalue weighted by molar-refractivity contribution is -0.670. The second-order valence-corrected chi connectivity index (χ2v) is 8.25. The van der Waals surface area contributed by atoms with Crippen LogP contribution >= 0.6 is 0 Å². The van der Waals surface area contributed by atoms with Crippen LogP contribution in [-0.4, -0.2) is 6.54 Å². The van der Waals surface area contributed by atoms with E-state index < -0.39 is 11.7 Å². The Hall–Kier alpha value is -1.31. The number of pyridine rings is 1. The molecular formula is C24H32F3IN2. The fourth-order valence-electron chi connectivity index (χ4n) is 4.42. The lowest BCUT2D eigenvalue weighted by Gasteiger charge is -2.27. The van der Waals surface area contributed by atoms with E-state index in [9.17, 15) is 13.2 Å². The molecule has 0 N–H and O–H groups in total. The molecule has 30 heavy (non-hydrogen) atoms. The number of hydrogen-bond acceptors (Lipinski definition) is 1. The molecule has 1 aliphatic rings. The Balaban J connectivity index is 0.00000320. The zero-order valence-electron chi connectivity index (χ0n) is 17.7.